The van der Waals surface area contributed by atoms with Gasteiger partial charge in [-0.3, -0.25) is 0 Å². The van der Waals surface area contributed by atoms with E-state index in [0.29, 0.717) is 0 Å². The van der Waals surface area contributed by atoms with Crippen LogP contribution in [0.5, 0.6) is 0 Å². The number of nitrogens with zero attached hydrogens (tertiary/aromatic N) is 1. The second kappa shape index (κ2) is 9.97. The lowest BCUT2D eigenvalue weighted by atomic mass is 9.81. The molecule has 0 saturated carbocycles. The molecule has 1 nitrogen and oxygen atoms in total. The molecular formula is C41H30BrN. The minimum absolute atomic E-state index is 0.143. The first kappa shape index (κ1) is 26.0. The highest BCUT2D eigenvalue weighted by Crippen LogP contribution is 2.53. The first-order chi connectivity index (χ1) is 21.0. The summed E-state index contributed by atoms with van der Waals surface area (Å²) in [6, 6.07) is 53.1. The van der Waals surface area contributed by atoms with Crippen molar-refractivity contribution in [2.75, 3.05) is 0 Å². The molecule has 1 heterocycles. The third-order valence-corrected chi connectivity index (χ3v) is 9.59. The third kappa shape index (κ3) is 4.12. The number of rotatable bonds is 4. The molecule has 7 aromatic rings. The van der Waals surface area contributed by atoms with Gasteiger partial charge in [-0.25, -0.2) is 0 Å². The number of benzene rings is 6. The maximum Gasteiger partial charge on any atom is 0.0619 e. The Bertz CT molecular complexity index is 2120. The third-order valence-electron chi connectivity index (χ3n) is 9.06. The van der Waals surface area contributed by atoms with Crippen LogP contribution in [-0.4, -0.2) is 4.57 Å². The summed E-state index contributed by atoms with van der Waals surface area (Å²) in [5, 5.41) is 1.27. The Morgan fingerprint density at radius 3 is 1.77 bits per heavy atom. The molecule has 0 spiro atoms. The van der Waals surface area contributed by atoms with Gasteiger partial charge in [-0.15, -0.1) is 0 Å². The SMILES string of the molecule is CC1(C)c2cc(-c3ccc(Br)cc3)ccc2-c2cc3c(-c4ccccc4)c(-c4ccccc4)n(-c4ccccc4)c3cc21. The molecule has 1 aromatic heterocycles. The molecular weight excluding hydrogens is 586 g/mol. The fourth-order valence-corrected chi connectivity index (χ4v) is 7.21. The van der Waals surface area contributed by atoms with Crippen LogP contribution in [0.25, 0.3) is 61.2 Å². The highest BCUT2D eigenvalue weighted by molar-refractivity contribution is 9.10. The minimum atomic E-state index is -0.143. The van der Waals surface area contributed by atoms with Crippen molar-refractivity contribution in [3.05, 3.63) is 161 Å². The summed E-state index contributed by atoms with van der Waals surface area (Å²) in [6.07, 6.45) is 0. The predicted molar refractivity (Wildman–Crippen MR) is 185 cm³/mol. The summed E-state index contributed by atoms with van der Waals surface area (Å²) in [4.78, 5) is 0. The lowest BCUT2D eigenvalue weighted by Gasteiger charge is -2.22. The molecule has 0 atom stereocenters. The highest BCUT2D eigenvalue weighted by Gasteiger charge is 2.37. The number of fused-ring (bicyclic) bond motifs is 4. The van der Waals surface area contributed by atoms with Crippen LogP contribution >= 0.6 is 15.9 Å². The maximum atomic E-state index is 3.59. The van der Waals surface area contributed by atoms with Crippen LogP contribution in [0.4, 0.5) is 0 Å². The normalized spacial score (nSPS) is 13.2. The number of hydrogen-bond donors (Lipinski definition) is 0. The predicted octanol–water partition coefficient (Wildman–Crippen LogP) is 11.7. The van der Waals surface area contributed by atoms with Crippen LogP contribution in [0, 0.1) is 0 Å². The summed E-state index contributed by atoms with van der Waals surface area (Å²) in [5.41, 5.74) is 15.1. The van der Waals surface area contributed by atoms with Gasteiger partial charge < -0.3 is 4.57 Å². The molecule has 2 heteroatoms. The number of para-hydroxylation sites is 1. The van der Waals surface area contributed by atoms with Crippen molar-refractivity contribution in [1.29, 1.82) is 0 Å². The van der Waals surface area contributed by atoms with E-state index in [1.165, 1.54) is 72.4 Å². The molecule has 0 unspecified atom stereocenters. The van der Waals surface area contributed by atoms with Crippen LogP contribution in [0.2, 0.25) is 0 Å². The zero-order chi connectivity index (χ0) is 29.1. The zero-order valence-corrected chi connectivity index (χ0v) is 25.8. The van der Waals surface area contributed by atoms with Gasteiger partial charge >= 0.3 is 0 Å². The molecule has 8 rings (SSSR count). The second-order valence-corrected chi connectivity index (χ2v) is 12.8. The van der Waals surface area contributed by atoms with Crippen LogP contribution in [0.15, 0.2) is 150 Å². The Hall–Kier alpha value is -4.66. The van der Waals surface area contributed by atoms with E-state index in [1.54, 1.807) is 0 Å². The molecule has 206 valence electrons. The largest absolute Gasteiger partial charge is 0.309 e. The summed E-state index contributed by atoms with van der Waals surface area (Å²) < 4.78 is 3.57. The minimum Gasteiger partial charge on any atom is -0.309 e. The van der Waals surface area contributed by atoms with Crippen molar-refractivity contribution in [2.45, 2.75) is 19.3 Å². The standard InChI is InChI=1S/C41H30BrN/c1-41(2)36-24-30(27-18-21-31(42)22-19-27)20-23-33(36)34-25-35-38(26-37(34)41)43(32-16-10-5-11-17-32)40(29-14-8-4-9-15-29)39(35)28-12-6-3-7-13-28/h3-26H,1-2H3. The molecule has 0 radical (unpaired) electrons. The van der Waals surface area contributed by atoms with Crippen LogP contribution in [0.3, 0.4) is 0 Å². The van der Waals surface area contributed by atoms with Gasteiger partial charge in [0.1, 0.15) is 0 Å². The Morgan fingerprint density at radius 1 is 0.512 bits per heavy atom. The number of aromatic nitrogens is 1. The fourth-order valence-electron chi connectivity index (χ4n) is 6.95. The molecule has 1 aliphatic carbocycles. The van der Waals surface area contributed by atoms with Crippen molar-refractivity contribution in [3.63, 3.8) is 0 Å². The van der Waals surface area contributed by atoms with Crippen molar-refractivity contribution >= 4 is 26.8 Å². The zero-order valence-electron chi connectivity index (χ0n) is 24.2. The van der Waals surface area contributed by atoms with E-state index < -0.39 is 0 Å². The first-order valence-electron chi connectivity index (χ1n) is 14.8. The van der Waals surface area contributed by atoms with Crippen molar-refractivity contribution < 1.29 is 0 Å². The summed E-state index contributed by atoms with van der Waals surface area (Å²) in [6.45, 7) is 4.75. The van der Waals surface area contributed by atoms with Crippen molar-refractivity contribution in [3.8, 4) is 50.3 Å². The van der Waals surface area contributed by atoms with Gasteiger partial charge in [-0.1, -0.05) is 133 Å². The van der Waals surface area contributed by atoms with Crippen molar-refractivity contribution in [1.82, 2.24) is 4.57 Å². The lowest BCUT2D eigenvalue weighted by Crippen LogP contribution is -2.15. The van der Waals surface area contributed by atoms with E-state index in [4.69, 9.17) is 0 Å². The molecule has 43 heavy (non-hydrogen) atoms. The number of halogens is 1. The molecule has 0 aliphatic heterocycles. The summed E-state index contributed by atoms with van der Waals surface area (Å²) >= 11 is 3.59. The average molecular weight is 617 g/mol. The smallest absolute Gasteiger partial charge is 0.0619 e. The van der Waals surface area contributed by atoms with E-state index in [0.717, 1.165) is 4.47 Å². The van der Waals surface area contributed by atoms with Gasteiger partial charge in [-0.2, -0.15) is 0 Å². The van der Waals surface area contributed by atoms with E-state index >= 15 is 0 Å². The van der Waals surface area contributed by atoms with E-state index in [1.807, 2.05) is 0 Å². The van der Waals surface area contributed by atoms with E-state index in [2.05, 4.69) is 180 Å². The quantitative estimate of drug-likeness (QED) is 0.185. The van der Waals surface area contributed by atoms with Gasteiger partial charge in [0, 0.05) is 26.5 Å². The summed E-state index contributed by atoms with van der Waals surface area (Å²) in [7, 11) is 0. The van der Waals surface area contributed by atoms with E-state index in [-0.39, 0.29) is 5.41 Å². The maximum absolute atomic E-state index is 3.59. The lowest BCUT2D eigenvalue weighted by molar-refractivity contribution is 0.661. The Labute approximate surface area is 261 Å². The average Bonchev–Trinajstić information content (AvgIpc) is 3.50. The van der Waals surface area contributed by atoms with Crippen LogP contribution in [-0.2, 0) is 5.41 Å². The van der Waals surface area contributed by atoms with Gasteiger partial charge in [0.15, 0.2) is 0 Å². The first-order valence-corrected chi connectivity index (χ1v) is 15.6. The summed E-state index contributed by atoms with van der Waals surface area (Å²) in [5.74, 6) is 0. The van der Waals surface area contributed by atoms with Crippen molar-refractivity contribution in [2.24, 2.45) is 0 Å². The van der Waals surface area contributed by atoms with Crippen LogP contribution in [0.1, 0.15) is 25.0 Å². The van der Waals surface area contributed by atoms with Gasteiger partial charge in [0.25, 0.3) is 0 Å². The molecule has 0 bridgehead atoms. The van der Waals surface area contributed by atoms with Crippen LogP contribution < -0.4 is 0 Å². The molecule has 0 N–H and O–H groups in total. The highest BCUT2D eigenvalue weighted by atomic mass is 79.9. The Kier molecular flexibility index (Phi) is 6.03. The molecule has 6 aromatic carbocycles. The van der Waals surface area contributed by atoms with Gasteiger partial charge in [-0.05, 0) is 87.0 Å². The Balaban J connectivity index is 1.45. The fraction of sp³-hybridized carbons (Fsp3) is 0.0732. The second-order valence-electron chi connectivity index (χ2n) is 11.9. The molecule has 0 amide bonds. The molecule has 0 saturated heterocycles. The number of hydrogen-bond acceptors (Lipinski definition) is 0. The molecule has 1 aliphatic rings. The van der Waals surface area contributed by atoms with Gasteiger partial charge in [0.05, 0.1) is 11.2 Å². The molecule has 0 fully saturated rings. The monoisotopic (exact) mass is 615 g/mol. The topological polar surface area (TPSA) is 4.93 Å². The van der Waals surface area contributed by atoms with E-state index in [9.17, 15) is 0 Å². The van der Waals surface area contributed by atoms with Gasteiger partial charge in [0.2, 0.25) is 0 Å². The Morgan fingerprint density at radius 2 is 1.09 bits per heavy atom.